The molecule has 33 heavy (non-hydrogen) atoms. The van der Waals surface area contributed by atoms with Gasteiger partial charge in [-0.3, -0.25) is 9.59 Å². The zero-order valence-corrected chi connectivity index (χ0v) is 19.7. The van der Waals surface area contributed by atoms with E-state index in [1.165, 1.54) is 11.3 Å². The molecule has 3 heterocycles. The first kappa shape index (κ1) is 22.3. The van der Waals surface area contributed by atoms with Crippen LogP contribution in [-0.4, -0.2) is 31.6 Å². The topological polar surface area (TPSA) is 102 Å². The number of nitrogens with zero attached hydrogens (tertiary/aromatic N) is 4. The first-order chi connectivity index (χ1) is 15.8. The molecule has 9 heteroatoms. The van der Waals surface area contributed by atoms with Gasteiger partial charge in [-0.15, -0.1) is 11.3 Å². The van der Waals surface area contributed by atoms with Crippen molar-refractivity contribution in [1.82, 2.24) is 19.7 Å². The van der Waals surface area contributed by atoms with Crippen LogP contribution >= 0.6 is 11.3 Å². The van der Waals surface area contributed by atoms with E-state index < -0.39 is 0 Å². The largest absolute Gasteiger partial charge is 0.326 e. The quantitative estimate of drug-likeness (QED) is 0.444. The fourth-order valence-electron chi connectivity index (χ4n) is 3.53. The van der Waals surface area contributed by atoms with Gasteiger partial charge in [0.15, 0.2) is 0 Å². The van der Waals surface area contributed by atoms with E-state index >= 15 is 0 Å². The number of hydrogen-bond donors (Lipinski definition) is 2. The molecular weight excluding hydrogens is 436 g/mol. The van der Waals surface area contributed by atoms with Crippen LogP contribution < -0.4 is 10.6 Å². The summed E-state index contributed by atoms with van der Waals surface area (Å²) < 4.78 is 1.68. The highest BCUT2D eigenvalue weighted by Crippen LogP contribution is 2.19. The molecule has 0 aliphatic carbocycles. The highest BCUT2D eigenvalue weighted by molar-refractivity contribution is 7.12. The number of aromatic nitrogens is 4. The van der Waals surface area contributed by atoms with E-state index in [0.29, 0.717) is 22.2 Å². The van der Waals surface area contributed by atoms with E-state index in [9.17, 15) is 9.59 Å². The fourth-order valence-corrected chi connectivity index (χ4v) is 4.15. The summed E-state index contributed by atoms with van der Waals surface area (Å²) in [5.74, 6) is 0.190. The summed E-state index contributed by atoms with van der Waals surface area (Å²) in [5, 5.41) is 12.2. The van der Waals surface area contributed by atoms with E-state index in [-0.39, 0.29) is 18.2 Å². The Morgan fingerprint density at radius 2 is 1.58 bits per heavy atom. The highest BCUT2D eigenvalue weighted by Gasteiger charge is 2.18. The predicted molar refractivity (Wildman–Crippen MR) is 129 cm³/mol. The minimum absolute atomic E-state index is 0.155. The third kappa shape index (κ3) is 5.15. The van der Waals surface area contributed by atoms with Gasteiger partial charge < -0.3 is 10.6 Å². The van der Waals surface area contributed by atoms with Crippen LogP contribution in [0.1, 0.15) is 38.0 Å². The van der Waals surface area contributed by atoms with Crippen LogP contribution in [0.2, 0.25) is 0 Å². The van der Waals surface area contributed by atoms with Crippen molar-refractivity contribution in [2.45, 2.75) is 34.1 Å². The average molecular weight is 461 g/mol. The monoisotopic (exact) mass is 460 g/mol. The molecule has 0 saturated carbocycles. The van der Waals surface area contributed by atoms with E-state index in [1.54, 1.807) is 35.0 Å². The molecule has 0 radical (unpaired) electrons. The molecule has 8 nitrogen and oxygen atoms in total. The lowest BCUT2D eigenvalue weighted by Gasteiger charge is -2.08. The maximum Gasteiger partial charge on any atom is 0.265 e. The smallest absolute Gasteiger partial charge is 0.265 e. The molecule has 0 fully saturated rings. The zero-order chi connectivity index (χ0) is 23.5. The standard InChI is InChI=1S/C24H24N6O2S/c1-14-12-15(2)26-24(25-14)30-17(4)20(16(3)29-30)13-22(31)27-18-7-9-19(10-8-18)28-23(32)21-6-5-11-33-21/h5-12H,13H2,1-4H3,(H,27,31)(H,28,32). The number of carbonyl (C=O) groups is 2. The number of rotatable bonds is 6. The first-order valence-corrected chi connectivity index (χ1v) is 11.3. The van der Waals surface area contributed by atoms with Gasteiger partial charge in [0.25, 0.3) is 11.9 Å². The Balaban J connectivity index is 1.43. The van der Waals surface area contributed by atoms with Crippen LogP contribution in [0.25, 0.3) is 5.95 Å². The molecule has 3 aromatic heterocycles. The van der Waals surface area contributed by atoms with Crippen molar-refractivity contribution < 1.29 is 9.59 Å². The lowest BCUT2D eigenvalue weighted by molar-refractivity contribution is -0.115. The number of aryl methyl sites for hydroxylation is 3. The summed E-state index contributed by atoms with van der Waals surface area (Å²) in [6, 6.07) is 12.5. The van der Waals surface area contributed by atoms with Gasteiger partial charge in [0.05, 0.1) is 17.0 Å². The third-order valence-corrected chi connectivity index (χ3v) is 5.98. The van der Waals surface area contributed by atoms with Crippen molar-refractivity contribution in [2.24, 2.45) is 0 Å². The predicted octanol–water partition coefficient (Wildman–Crippen LogP) is 4.39. The van der Waals surface area contributed by atoms with E-state index in [2.05, 4.69) is 25.7 Å². The summed E-state index contributed by atoms with van der Waals surface area (Å²) in [6.45, 7) is 7.61. The Labute approximate surface area is 195 Å². The Bertz CT molecular complexity index is 1290. The second kappa shape index (κ2) is 9.33. The van der Waals surface area contributed by atoms with Crippen LogP contribution in [0.5, 0.6) is 0 Å². The Hall–Kier alpha value is -3.85. The van der Waals surface area contributed by atoms with Crippen molar-refractivity contribution in [3.05, 3.63) is 81.1 Å². The fraction of sp³-hybridized carbons (Fsp3) is 0.208. The Kier molecular flexibility index (Phi) is 6.32. The van der Waals surface area contributed by atoms with Gasteiger partial charge in [0, 0.05) is 34.0 Å². The molecule has 0 saturated heterocycles. The first-order valence-electron chi connectivity index (χ1n) is 10.4. The molecule has 4 aromatic rings. The van der Waals surface area contributed by atoms with Crippen molar-refractivity contribution in [2.75, 3.05) is 10.6 Å². The molecule has 4 rings (SSSR count). The lowest BCUT2D eigenvalue weighted by Crippen LogP contribution is -2.16. The molecule has 2 amide bonds. The van der Waals surface area contributed by atoms with Gasteiger partial charge >= 0.3 is 0 Å². The maximum atomic E-state index is 12.7. The average Bonchev–Trinajstić information content (AvgIpc) is 3.39. The third-order valence-electron chi connectivity index (χ3n) is 5.11. The zero-order valence-electron chi connectivity index (χ0n) is 18.8. The van der Waals surface area contributed by atoms with Gasteiger partial charge in [0.1, 0.15) is 0 Å². The number of thiophene rings is 1. The van der Waals surface area contributed by atoms with Gasteiger partial charge in [-0.25, -0.2) is 14.6 Å². The van der Waals surface area contributed by atoms with Crippen LogP contribution in [0.3, 0.4) is 0 Å². The molecule has 0 bridgehead atoms. The lowest BCUT2D eigenvalue weighted by atomic mass is 10.1. The van der Waals surface area contributed by atoms with Crippen LogP contribution in [-0.2, 0) is 11.2 Å². The van der Waals surface area contributed by atoms with Crippen molar-refractivity contribution in [1.29, 1.82) is 0 Å². The van der Waals surface area contributed by atoms with Crippen LogP contribution in [0, 0.1) is 27.7 Å². The summed E-state index contributed by atoms with van der Waals surface area (Å²) >= 11 is 1.38. The molecular formula is C24H24N6O2S. The van der Waals surface area contributed by atoms with Crippen LogP contribution in [0.4, 0.5) is 11.4 Å². The number of carbonyl (C=O) groups excluding carboxylic acids is 2. The summed E-state index contributed by atoms with van der Waals surface area (Å²) in [5.41, 5.74) is 5.47. The minimum atomic E-state index is -0.155. The number of nitrogens with one attached hydrogen (secondary N) is 2. The van der Waals surface area contributed by atoms with Crippen LogP contribution in [0.15, 0.2) is 47.8 Å². The van der Waals surface area contributed by atoms with Gasteiger partial charge in [-0.05, 0) is 69.5 Å². The number of anilines is 2. The molecule has 0 aliphatic heterocycles. The number of hydrogen-bond acceptors (Lipinski definition) is 6. The molecule has 0 aliphatic rings. The summed E-state index contributed by atoms with van der Waals surface area (Å²) in [4.78, 5) is 34.5. The van der Waals surface area contributed by atoms with Crippen molar-refractivity contribution in [3.63, 3.8) is 0 Å². The van der Waals surface area contributed by atoms with Crippen molar-refractivity contribution in [3.8, 4) is 5.95 Å². The van der Waals surface area contributed by atoms with E-state index in [0.717, 1.165) is 28.3 Å². The summed E-state index contributed by atoms with van der Waals surface area (Å²) in [7, 11) is 0. The van der Waals surface area contributed by atoms with E-state index in [1.807, 2.05) is 45.2 Å². The molecule has 168 valence electrons. The molecule has 0 spiro atoms. The number of amides is 2. The van der Waals surface area contributed by atoms with Crippen molar-refractivity contribution >= 4 is 34.5 Å². The minimum Gasteiger partial charge on any atom is -0.326 e. The van der Waals surface area contributed by atoms with Gasteiger partial charge in [-0.1, -0.05) is 6.07 Å². The maximum absolute atomic E-state index is 12.7. The molecule has 0 unspecified atom stereocenters. The Morgan fingerprint density at radius 1 is 0.939 bits per heavy atom. The summed E-state index contributed by atoms with van der Waals surface area (Å²) in [6.07, 6.45) is 0.180. The van der Waals surface area contributed by atoms with E-state index in [4.69, 9.17) is 0 Å². The molecule has 2 N–H and O–H groups in total. The normalized spacial score (nSPS) is 10.8. The SMILES string of the molecule is Cc1cc(C)nc(-n2nc(C)c(CC(=O)Nc3ccc(NC(=O)c4cccs4)cc3)c2C)n1. The second-order valence-electron chi connectivity index (χ2n) is 7.75. The van der Waals surface area contributed by atoms with Gasteiger partial charge in [0.2, 0.25) is 5.91 Å². The number of benzene rings is 1. The second-order valence-corrected chi connectivity index (χ2v) is 8.69. The molecule has 0 atom stereocenters. The Morgan fingerprint density at radius 3 is 2.18 bits per heavy atom. The highest BCUT2D eigenvalue weighted by atomic mass is 32.1. The molecule has 1 aromatic carbocycles. The van der Waals surface area contributed by atoms with Gasteiger partial charge in [-0.2, -0.15) is 5.10 Å².